The Balaban J connectivity index is 2.03. The highest BCUT2D eigenvalue weighted by Crippen LogP contribution is 2.35. The molecule has 4 aromatic rings. The van der Waals surface area contributed by atoms with Gasteiger partial charge in [0.25, 0.3) is 0 Å². The van der Waals surface area contributed by atoms with Crippen LogP contribution >= 0.6 is 34.8 Å². The van der Waals surface area contributed by atoms with Crippen molar-refractivity contribution in [3.05, 3.63) is 62.8 Å². The van der Waals surface area contributed by atoms with Crippen molar-refractivity contribution in [3.63, 3.8) is 0 Å². The van der Waals surface area contributed by atoms with Crippen LogP contribution in [0.15, 0.2) is 40.8 Å². The van der Waals surface area contributed by atoms with Gasteiger partial charge in [0, 0.05) is 20.8 Å². The first-order chi connectivity index (χ1) is 12.3. The summed E-state index contributed by atoms with van der Waals surface area (Å²) in [5, 5.41) is 11.0. The lowest BCUT2D eigenvalue weighted by molar-refractivity contribution is 0.0699. The molecule has 2 aromatic carbocycles. The normalized spacial score (nSPS) is 11.4. The highest BCUT2D eigenvalue weighted by molar-refractivity contribution is 6.38. The van der Waals surface area contributed by atoms with Crippen molar-refractivity contribution in [2.45, 2.75) is 0 Å². The third kappa shape index (κ3) is 2.78. The van der Waals surface area contributed by atoms with Gasteiger partial charge in [0.2, 0.25) is 0 Å². The van der Waals surface area contributed by atoms with Crippen molar-refractivity contribution >= 4 is 62.6 Å². The number of halogens is 4. The van der Waals surface area contributed by atoms with Crippen molar-refractivity contribution in [1.82, 2.24) is 4.98 Å². The summed E-state index contributed by atoms with van der Waals surface area (Å²) in [4.78, 5) is 15.8. The summed E-state index contributed by atoms with van der Waals surface area (Å²) in [6, 6.07) is 8.51. The molecule has 8 heteroatoms. The smallest absolute Gasteiger partial charge is 0.336 e. The molecule has 1 N–H and O–H groups in total. The Morgan fingerprint density at radius 1 is 1.04 bits per heavy atom. The van der Waals surface area contributed by atoms with Crippen molar-refractivity contribution < 1.29 is 18.7 Å². The Morgan fingerprint density at radius 3 is 2.50 bits per heavy atom. The topological polar surface area (TPSA) is 63.3 Å². The molecule has 0 bridgehead atoms. The van der Waals surface area contributed by atoms with Crippen molar-refractivity contribution in [3.8, 4) is 11.5 Å². The molecule has 0 spiro atoms. The van der Waals surface area contributed by atoms with Crippen molar-refractivity contribution in [2.75, 3.05) is 0 Å². The van der Waals surface area contributed by atoms with E-state index in [-0.39, 0.29) is 32.9 Å². The maximum Gasteiger partial charge on any atom is 0.336 e. The van der Waals surface area contributed by atoms with Crippen LogP contribution in [0.5, 0.6) is 0 Å². The van der Waals surface area contributed by atoms with E-state index in [4.69, 9.17) is 39.2 Å². The van der Waals surface area contributed by atoms with Gasteiger partial charge in [-0.3, -0.25) is 0 Å². The quantitative estimate of drug-likeness (QED) is 0.413. The van der Waals surface area contributed by atoms with Crippen LogP contribution in [0.2, 0.25) is 15.1 Å². The third-order valence-corrected chi connectivity index (χ3v) is 4.57. The predicted molar refractivity (Wildman–Crippen MR) is 98.9 cm³/mol. The molecule has 0 fully saturated rings. The highest BCUT2D eigenvalue weighted by atomic mass is 35.5. The first-order valence-electron chi connectivity index (χ1n) is 7.25. The van der Waals surface area contributed by atoms with Crippen LogP contribution in [-0.4, -0.2) is 16.1 Å². The zero-order chi connectivity index (χ0) is 18.6. The van der Waals surface area contributed by atoms with E-state index in [0.29, 0.717) is 21.0 Å². The van der Waals surface area contributed by atoms with Gasteiger partial charge < -0.3 is 9.52 Å². The first kappa shape index (κ1) is 17.1. The second-order valence-electron chi connectivity index (χ2n) is 5.56. The molecule has 4 rings (SSSR count). The van der Waals surface area contributed by atoms with Gasteiger partial charge in [0.1, 0.15) is 11.2 Å². The number of carboxylic acid groups (broad SMARTS) is 1. The van der Waals surface area contributed by atoms with Gasteiger partial charge in [-0.2, -0.15) is 0 Å². The molecule has 0 saturated heterocycles. The van der Waals surface area contributed by atoms with Crippen LogP contribution in [0.3, 0.4) is 0 Å². The molecule has 0 amide bonds. The number of aromatic carboxylic acids is 1. The minimum absolute atomic E-state index is 0.0808. The molecular weight excluding hydrogens is 404 g/mol. The molecule has 2 heterocycles. The van der Waals surface area contributed by atoms with Gasteiger partial charge in [-0.05, 0) is 36.4 Å². The van der Waals surface area contributed by atoms with Crippen LogP contribution in [0, 0.1) is 5.82 Å². The van der Waals surface area contributed by atoms with E-state index < -0.39 is 11.8 Å². The molecule has 0 radical (unpaired) electrons. The average molecular weight is 411 g/mol. The van der Waals surface area contributed by atoms with Crippen LogP contribution in [0.25, 0.3) is 33.3 Å². The molecular formula is C18H7Cl3FNO3. The SMILES string of the molecule is O=C(O)c1cc(-c2cc3cc(Cl)cc(Cl)c3o2)nc2c(F)cc(Cl)cc12. The number of carbonyl (C=O) groups is 1. The van der Waals surface area contributed by atoms with E-state index in [2.05, 4.69) is 4.98 Å². The molecule has 26 heavy (non-hydrogen) atoms. The minimum Gasteiger partial charge on any atom is -0.478 e. The third-order valence-electron chi connectivity index (χ3n) is 3.85. The fourth-order valence-electron chi connectivity index (χ4n) is 2.76. The predicted octanol–water partition coefficient (Wildman–Crippen LogP) is 6.45. The van der Waals surface area contributed by atoms with Crippen LogP contribution in [0.4, 0.5) is 4.39 Å². The lowest BCUT2D eigenvalue weighted by Gasteiger charge is -2.07. The van der Waals surface area contributed by atoms with E-state index in [1.165, 1.54) is 18.2 Å². The molecule has 130 valence electrons. The van der Waals surface area contributed by atoms with Gasteiger partial charge >= 0.3 is 5.97 Å². The summed E-state index contributed by atoms with van der Waals surface area (Å²) < 4.78 is 20.0. The molecule has 0 saturated carbocycles. The maximum absolute atomic E-state index is 14.3. The summed E-state index contributed by atoms with van der Waals surface area (Å²) in [6.07, 6.45) is 0. The van der Waals surface area contributed by atoms with Crippen molar-refractivity contribution in [1.29, 1.82) is 0 Å². The number of rotatable bonds is 2. The largest absolute Gasteiger partial charge is 0.478 e. The summed E-state index contributed by atoms with van der Waals surface area (Å²) in [5.74, 6) is -1.73. The van der Waals surface area contributed by atoms with E-state index in [1.807, 2.05) is 0 Å². The number of fused-ring (bicyclic) bond motifs is 2. The average Bonchev–Trinajstić information content (AvgIpc) is 2.98. The summed E-state index contributed by atoms with van der Waals surface area (Å²) >= 11 is 17.9. The number of nitrogens with zero attached hydrogens (tertiary/aromatic N) is 1. The summed E-state index contributed by atoms with van der Waals surface area (Å²) in [7, 11) is 0. The van der Waals surface area contributed by atoms with Gasteiger partial charge in [-0.25, -0.2) is 14.2 Å². The zero-order valence-corrected chi connectivity index (χ0v) is 15.0. The monoisotopic (exact) mass is 409 g/mol. The summed E-state index contributed by atoms with van der Waals surface area (Å²) in [6.45, 7) is 0. The van der Waals surface area contributed by atoms with E-state index >= 15 is 0 Å². The second-order valence-corrected chi connectivity index (χ2v) is 6.84. The Kier molecular flexibility index (Phi) is 4.03. The van der Waals surface area contributed by atoms with Crippen molar-refractivity contribution in [2.24, 2.45) is 0 Å². The standard InChI is InChI=1S/C18H7Cl3FNO3/c19-8-1-7-2-15(26-17(7)12(21)4-8)14-6-11(18(24)25)10-3-9(20)5-13(22)16(10)23-14/h1-6H,(H,24,25). The number of carboxylic acids is 1. The Hall–Kier alpha value is -2.34. The molecule has 0 aliphatic heterocycles. The number of aromatic nitrogens is 1. The molecule has 4 nitrogen and oxygen atoms in total. The molecule has 2 aromatic heterocycles. The fourth-order valence-corrected chi connectivity index (χ4v) is 3.51. The lowest BCUT2D eigenvalue weighted by atomic mass is 10.1. The second kappa shape index (κ2) is 6.13. The number of hydrogen-bond acceptors (Lipinski definition) is 3. The molecule has 0 aliphatic carbocycles. The Morgan fingerprint density at radius 2 is 1.77 bits per heavy atom. The zero-order valence-electron chi connectivity index (χ0n) is 12.7. The van der Waals surface area contributed by atoms with Gasteiger partial charge in [0.15, 0.2) is 17.2 Å². The minimum atomic E-state index is -1.24. The summed E-state index contributed by atoms with van der Waals surface area (Å²) in [5.41, 5.74) is 0.269. The number of pyridine rings is 1. The lowest BCUT2D eigenvalue weighted by Crippen LogP contribution is -2.01. The molecule has 0 aliphatic rings. The van der Waals surface area contributed by atoms with E-state index in [1.54, 1.807) is 12.1 Å². The van der Waals surface area contributed by atoms with E-state index in [9.17, 15) is 14.3 Å². The molecule has 0 unspecified atom stereocenters. The fraction of sp³-hybridized carbons (Fsp3) is 0. The van der Waals surface area contributed by atoms with Crippen LogP contribution < -0.4 is 0 Å². The van der Waals surface area contributed by atoms with Crippen LogP contribution in [0.1, 0.15) is 10.4 Å². The Labute approximate surface area is 160 Å². The number of furan rings is 1. The Bertz CT molecular complexity index is 1220. The van der Waals surface area contributed by atoms with Gasteiger partial charge in [0.05, 0.1) is 10.6 Å². The highest BCUT2D eigenvalue weighted by Gasteiger charge is 2.19. The van der Waals surface area contributed by atoms with Gasteiger partial charge in [-0.1, -0.05) is 34.8 Å². The first-order valence-corrected chi connectivity index (χ1v) is 8.39. The van der Waals surface area contributed by atoms with Crippen LogP contribution in [-0.2, 0) is 0 Å². The number of benzene rings is 2. The maximum atomic E-state index is 14.3. The number of hydrogen-bond donors (Lipinski definition) is 1. The van der Waals surface area contributed by atoms with E-state index in [0.717, 1.165) is 6.07 Å². The van der Waals surface area contributed by atoms with Gasteiger partial charge in [-0.15, -0.1) is 0 Å². The molecule has 0 atom stereocenters.